The third-order valence-electron chi connectivity index (χ3n) is 2.91. The van der Waals surface area contributed by atoms with E-state index in [4.69, 9.17) is 5.84 Å². The average Bonchev–Trinajstić information content (AvgIpc) is 2.36. The SMILES string of the molecule is CCC(C)(C)NS(=O)(=O)c1ccc(NN)cc1[N+](=O)[O-]. The van der Waals surface area contributed by atoms with Gasteiger partial charge in [-0.1, -0.05) is 6.92 Å². The normalized spacial score (nSPS) is 12.2. The molecule has 112 valence electrons. The van der Waals surface area contributed by atoms with Gasteiger partial charge in [-0.2, -0.15) is 0 Å². The van der Waals surface area contributed by atoms with Gasteiger partial charge in [-0.3, -0.25) is 16.0 Å². The monoisotopic (exact) mass is 302 g/mol. The van der Waals surface area contributed by atoms with Crippen molar-refractivity contribution in [1.82, 2.24) is 4.72 Å². The molecular formula is C11H18N4O4S. The van der Waals surface area contributed by atoms with Crippen molar-refractivity contribution in [2.45, 2.75) is 37.6 Å². The highest BCUT2D eigenvalue weighted by Gasteiger charge is 2.30. The molecule has 0 aromatic heterocycles. The van der Waals surface area contributed by atoms with E-state index in [1.165, 1.54) is 6.07 Å². The van der Waals surface area contributed by atoms with Crippen molar-refractivity contribution < 1.29 is 13.3 Å². The van der Waals surface area contributed by atoms with Crippen molar-refractivity contribution in [1.29, 1.82) is 0 Å². The van der Waals surface area contributed by atoms with E-state index in [2.05, 4.69) is 10.1 Å². The lowest BCUT2D eigenvalue weighted by atomic mass is 10.0. The zero-order valence-corrected chi connectivity index (χ0v) is 12.3. The summed E-state index contributed by atoms with van der Waals surface area (Å²) in [7, 11) is -3.99. The lowest BCUT2D eigenvalue weighted by molar-refractivity contribution is -0.387. The Morgan fingerprint density at radius 1 is 1.40 bits per heavy atom. The van der Waals surface area contributed by atoms with Crippen molar-refractivity contribution in [3.63, 3.8) is 0 Å². The van der Waals surface area contributed by atoms with Crippen molar-refractivity contribution in [2.24, 2.45) is 5.84 Å². The summed E-state index contributed by atoms with van der Waals surface area (Å²) in [6.45, 7) is 5.22. The Balaban J connectivity index is 3.35. The molecule has 20 heavy (non-hydrogen) atoms. The number of nitrogen functional groups attached to an aromatic ring is 1. The van der Waals surface area contributed by atoms with Crippen LogP contribution in [0.15, 0.2) is 23.1 Å². The van der Waals surface area contributed by atoms with Gasteiger partial charge in [0.05, 0.1) is 10.6 Å². The summed E-state index contributed by atoms with van der Waals surface area (Å²) in [4.78, 5) is 9.87. The number of anilines is 1. The molecule has 1 aromatic rings. The second kappa shape index (κ2) is 5.73. The van der Waals surface area contributed by atoms with E-state index in [-0.39, 0.29) is 10.6 Å². The van der Waals surface area contributed by atoms with Gasteiger partial charge in [-0.15, -0.1) is 0 Å². The van der Waals surface area contributed by atoms with E-state index in [1.807, 2.05) is 6.92 Å². The van der Waals surface area contributed by atoms with Crippen LogP contribution in [0.25, 0.3) is 0 Å². The lowest BCUT2D eigenvalue weighted by Gasteiger charge is -2.24. The molecule has 0 bridgehead atoms. The van der Waals surface area contributed by atoms with Crippen LogP contribution in [0.1, 0.15) is 27.2 Å². The standard InChI is InChI=1S/C11H18N4O4S/c1-4-11(2,3)14-20(18,19)10-6-5-8(13-12)7-9(10)15(16)17/h5-7,13-14H,4,12H2,1-3H3. The average molecular weight is 302 g/mol. The molecule has 8 nitrogen and oxygen atoms in total. The molecule has 9 heteroatoms. The summed E-state index contributed by atoms with van der Waals surface area (Å²) in [5, 5.41) is 11.0. The van der Waals surface area contributed by atoms with E-state index in [0.29, 0.717) is 6.42 Å². The first-order chi connectivity index (χ1) is 9.13. The van der Waals surface area contributed by atoms with Crippen LogP contribution >= 0.6 is 0 Å². The Hall–Kier alpha value is -1.71. The van der Waals surface area contributed by atoms with E-state index >= 15 is 0 Å². The predicted octanol–water partition coefficient (Wildman–Crippen LogP) is 1.35. The molecular weight excluding hydrogens is 284 g/mol. The Morgan fingerprint density at radius 2 is 2.00 bits per heavy atom. The van der Waals surface area contributed by atoms with E-state index in [9.17, 15) is 18.5 Å². The number of hydrogen-bond donors (Lipinski definition) is 3. The van der Waals surface area contributed by atoms with Crippen molar-refractivity contribution in [3.05, 3.63) is 28.3 Å². The molecule has 0 saturated heterocycles. The summed E-state index contributed by atoms with van der Waals surface area (Å²) in [5.74, 6) is 5.16. The number of nitrogens with zero attached hydrogens (tertiary/aromatic N) is 1. The smallest absolute Gasteiger partial charge is 0.291 e. The number of nitrogens with one attached hydrogen (secondary N) is 2. The predicted molar refractivity (Wildman–Crippen MR) is 75.6 cm³/mol. The molecule has 0 amide bonds. The Bertz CT molecular complexity index is 613. The summed E-state index contributed by atoms with van der Waals surface area (Å²) >= 11 is 0. The van der Waals surface area contributed by atoms with E-state index in [0.717, 1.165) is 12.1 Å². The maximum Gasteiger partial charge on any atom is 0.291 e. The molecule has 0 aliphatic heterocycles. The number of benzene rings is 1. The van der Waals surface area contributed by atoms with Crippen LogP contribution in [-0.4, -0.2) is 18.9 Å². The molecule has 4 N–H and O–H groups in total. The summed E-state index contributed by atoms with van der Waals surface area (Å²) < 4.78 is 27.0. The van der Waals surface area contributed by atoms with Crippen LogP contribution in [0.2, 0.25) is 0 Å². The van der Waals surface area contributed by atoms with Crippen LogP contribution in [-0.2, 0) is 10.0 Å². The van der Waals surface area contributed by atoms with Gasteiger partial charge in [-0.25, -0.2) is 13.1 Å². The Morgan fingerprint density at radius 3 is 2.45 bits per heavy atom. The maximum absolute atomic E-state index is 12.3. The van der Waals surface area contributed by atoms with Gasteiger partial charge in [-0.05, 0) is 32.4 Å². The fraction of sp³-hybridized carbons (Fsp3) is 0.455. The van der Waals surface area contributed by atoms with Crippen LogP contribution in [0.3, 0.4) is 0 Å². The molecule has 0 aliphatic rings. The number of sulfonamides is 1. The highest BCUT2D eigenvalue weighted by Crippen LogP contribution is 2.28. The molecule has 0 unspecified atom stereocenters. The number of nitrogens with two attached hydrogens (primary N) is 1. The molecule has 0 saturated carbocycles. The number of hydrazine groups is 1. The molecule has 0 atom stereocenters. The minimum atomic E-state index is -3.99. The molecule has 1 rings (SSSR count). The number of nitro groups is 1. The zero-order chi connectivity index (χ0) is 15.6. The summed E-state index contributed by atoms with van der Waals surface area (Å²) in [6.07, 6.45) is 0.544. The maximum atomic E-state index is 12.3. The molecule has 0 aliphatic carbocycles. The van der Waals surface area contributed by atoms with Gasteiger partial charge in [0, 0.05) is 11.6 Å². The molecule has 0 spiro atoms. The zero-order valence-electron chi connectivity index (χ0n) is 11.5. The molecule has 0 heterocycles. The fourth-order valence-corrected chi connectivity index (χ4v) is 3.11. The lowest BCUT2D eigenvalue weighted by Crippen LogP contribution is -2.42. The number of hydrogen-bond acceptors (Lipinski definition) is 6. The van der Waals surface area contributed by atoms with Crippen LogP contribution in [0.5, 0.6) is 0 Å². The largest absolute Gasteiger partial charge is 0.324 e. The molecule has 0 radical (unpaired) electrons. The number of rotatable bonds is 6. The van der Waals surface area contributed by atoms with Crippen LogP contribution in [0, 0.1) is 10.1 Å². The second-order valence-corrected chi connectivity index (χ2v) is 6.58. The first-order valence-electron chi connectivity index (χ1n) is 5.92. The fourth-order valence-electron chi connectivity index (χ4n) is 1.47. The highest BCUT2D eigenvalue weighted by atomic mass is 32.2. The van der Waals surface area contributed by atoms with E-state index in [1.54, 1.807) is 13.8 Å². The first kappa shape index (κ1) is 16.3. The number of nitro benzene ring substituents is 1. The first-order valence-corrected chi connectivity index (χ1v) is 7.40. The van der Waals surface area contributed by atoms with E-state index < -0.39 is 26.2 Å². The van der Waals surface area contributed by atoms with Gasteiger partial charge < -0.3 is 5.43 Å². The Kier molecular flexibility index (Phi) is 4.69. The van der Waals surface area contributed by atoms with Gasteiger partial charge in [0.25, 0.3) is 5.69 Å². The minimum absolute atomic E-state index is 0.255. The van der Waals surface area contributed by atoms with Gasteiger partial charge in [0.1, 0.15) is 0 Å². The van der Waals surface area contributed by atoms with Crippen molar-refractivity contribution >= 4 is 21.4 Å². The van der Waals surface area contributed by atoms with Crippen molar-refractivity contribution in [2.75, 3.05) is 5.43 Å². The minimum Gasteiger partial charge on any atom is -0.324 e. The third kappa shape index (κ3) is 3.65. The van der Waals surface area contributed by atoms with Crippen LogP contribution in [0.4, 0.5) is 11.4 Å². The molecule has 1 aromatic carbocycles. The summed E-state index contributed by atoms with van der Waals surface area (Å²) in [6, 6.07) is 3.59. The van der Waals surface area contributed by atoms with Gasteiger partial charge in [0.2, 0.25) is 10.0 Å². The summed E-state index contributed by atoms with van der Waals surface area (Å²) in [5.41, 5.74) is 1.27. The van der Waals surface area contributed by atoms with Gasteiger partial charge in [0.15, 0.2) is 4.90 Å². The topological polar surface area (TPSA) is 127 Å². The highest BCUT2D eigenvalue weighted by molar-refractivity contribution is 7.89. The Labute approximate surface area is 117 Å². The molecule has 0 fully saturated rings. The van der Waals surface area contributed by atoms with Crippen molar-refractivity contribution in [3.8, 4) is 0 Å². The quantitative estimate of drug-likeness (QED) is 0.413. The van der Waals surface area contributed by atoms with Gasteiger partial charge >= 0.3 is 0 Å². The van der Waals surface area contributed by atoms with Crippen LogP contribution < -0.4 is 16.0 Å². The third-order valence-corrected chi connectivity index (χ3v) is 4.65. The second-order valence-electron chi connectivity index (χ2n) is 4.93.